The third kappa shape index (κ3) is 5.91. The van der Waals surface area contributed by atoms with E-state index in [-0.39, 0.29) is 18.0 Å². The Morgan fingerprint density at radius 3 is 2.44 bits per heavy atom. The number of hydrogen-bond acceptors (Lipinski definition) is 5. The molecule has 27 heavy (non-hydrogen) atoms. The summed E-state index contributed by atoms with van der Waals surface area (Å²) >= 11 is 0. The molecule has 1 aromatic carbocycles. The van der Waals surface area contributed by atoms with Crippen LogP contribution in [-0.4, -0.2) is 28.7 Å². The van der Waals surface area contributed by atoms with Gasteiger partial charge in [-0.2, -0.15) is 0 Å². The van der Waals surface area contributed by atoms with Crippen LogP contribution in [-0.2, 0) is 20.9 Å². The normalized spacial score (nSPS) is 17.2. The molecule has 0 radical (unpaired) electrons. The molecule has 0 heterocycles. The second-order valence-electron chi connectivity index (χ2n) is 7.57. The van der Waals surface area contributed by atoms with Crippen LogP contribution in [0.2, 0.25) is 0 Å². The van der Waals surface area contributed by atoms with Crippen molar-refractivity contribution in [2.45, 2.75) is 64.6 Å². The first-order valence-electron chi connectivity index (χ1n) is 9.52. The van der Waals surface area contributed by atoms with E-state index in [1.54, 1.807) is 11.6 Å². The van der Waals surface area contributed by atoms with Gasteiger partial charge in [-0.15, -0.1) is 0 Å². The molecule has 3 N–H and O–H groups in total. The van der Waals surface area contributed by atoms with Crippen LogP contribution in [0.15, 0.2) is 30.3 Å². The van der Waals surface area contributed by atoms with Gasteiger partial charge in [0, 0.05) is 12.6 Å². The predicted octanol–water partition coefficient (Wildman–Crippen LogP) is 3.20. The Morgan fingerprint density at radius 2 is 1.89 bits per heavy atom. The lowest BCUT2D eigenvalue weighted by Gasteiger charge is -2.33. The second kappa shape index (κ2) is 9.67. The summed E-state index contributed by atoms with van der Waals surface area (Å²) in [4.78, 5) is 23.8. The monoisotopic (exact) mass is 374 g/mol. The van der Waals surface area contributed by atoms with Gasteiger partial charge in [-0.3, -0.25) is 20.1 Å². The maximum Gasteiger partial charge on any atom is 0.326 e. The molecule has 1 aliphatic rings. The van der Waals surface area contributed by atoms with Gasteiger partial charge in [0.15, 0.2) is 0 Å². The van der Waals surface area contributed by atoms with Gasteiger partial charge in [0.2, 0.25) is 0 Å². The highest BCUT2D eigenvalue weighted by Gasteiger charge is 2.39. The lowest BCUT2D eigenvalue weighted by molar-refractivity contribution is -0.158. The van der Waals surface area contributed by atoms with E-state index in [9.17, 15) is 9.59 Å². The van der Waals surface area contributed by atoms with E-state index in [4.69, 9.17) is 9.94 Å². The molecule has 0 saturated heterocycles. The maximum absolute atomic E-state index is 12.8. The van der Waals surface area contributed by atoms with Crippen molar-refractivity contribution in [3.8, 4) is 0 Å². The van der Waals surface area contributed by atoms with Gasteiger partial charge in [0.05, 0.1) is 0 Å². The van der Waals surface area contributed by atoms with Gasteiger partial charge in [0.25, 0.3) is 5.91 Å². The molecule has 0 aliphatic heterocycles. The minimum Gasteiger partial charge on any atom is -0.461 e. The fourth-order valence-corrected chi connectivity index (χ4v) is 3.03. The summed E-state index contributed by atoms with van der Waals surface area (Å²) < 4.78 is 5.74. The molecule has 0 unspecified atom stereocenters. The molecule has 0 aromatic heterocycles. The minimum atomic E-state index is -0.750. The number of nitrogens with one attached hydrogen (secondary N) is 2. The predicted molar refractivity (Wildman–Crippen MR) is 104 cm³/mol. The summed E-state index contributed by atoms with van der Waals surface area (Å²) in [5, 5.41) is 11.9. The highest BCUT2D eigenvalue weighted by atomic mass is 16.5. The second-order valence-corrected chi connectivity index (χ2v) is 7.57. The topological polar surface area (TPSA) is 87.7 Å². The van der Waals surface area contributed by atoms with Crippen molar-refractivity contribution in [3.63, 3.8) is 0 Å². The lowest BCUT2D eigenvalue weighted by Crippen LogP contribution is -2.54. The number of ether oxygens (including phenoxy) is 1. The zero-order chi connectivity index (χ0) is 19.9. The molecule has 2 rings (SSSR count). The molecule has 1 aliphatic carbocycles. The first-order chi connectivity index (χ1) is 12.8. The molecule has 148 valence electrons. The smallest absolute Gasteiger partial charge is 0.326 e. The van der Waals surface area contributed by atoms with E-state index < -0.39 is 11.4 Å². The average Bonchev–Trinajstić information content (AvgIpc) is 3.17. The largest absolute Gasteiger partial charge is 0.461 e. The molecule has 6 nitrogen and oxygen atoms in total. The zero-order valence-electron chi connectivity index (χ0n) is 16.3. The van der Waals surface area contributed by atoms with Gasteiger partial charge in [0.1, 0.15) is 11.6 Å². The van der Waals surface area contributed by atoms with E-state index in [0.29, 0.717) is 6.54 Å². The Balaban J connectivity index is 1.97. The summed E-state index contributed by atoms with van der Waals surface area (Å²) in [7, 11) is 0. The van der Waals surface area contributed by atoms with Crippen LogP contribution in [0.25, 0.3) is 6.08 Å². The highest BCUT2D eigenvalue weighted by molar-refractivity contribution is 5.90. The molecule has 0 spiro atoms. The number of amides is 1. The van der Waals surface area contributed by atoms with E-state index in [0.717, 1.165) is 36.8 Å². The molecule has 0 bridgehead atoms. The van der Waals surface area contributed by atoms with Crippen LogP contribution >= 0.6 is 0 Å². The van der Waals surface area contributed by atoms with Crippen LogP contribution < -0.4 is 10.8 Å². The molecule has 1 saturated carbocycles. The van der Waals surface area contributed by atoms with Gasteiger partial charge >= 0.3 is 5.97 Å². The molecule has 6 heteroatoms. The van der Waals surface area contributed by atoms with Gasteiger partial charge < -0.3 is 4.74 Å². The van der Waals surface area contributed by atoms with Gasteiger partial charge in [-0.1, -0.05) is 38.1 Å². The summed E-state index contributed by atoms with van der Waals surface area (Å²) in [6.45, 7) is 6.47. The fourth-order valence-electron chi connectivity index (χ4n) is 3.03. The molecular weight excluding hydrogens is 344 g/mol. The number of esters is 1. The summed E-state index contributed by atoms with van der Waals surface area (Å²) in [5.74, 6) is -0.668. The number of rotatable bonds is 8. The van der Waals surface area contributed by atoms with E-state index >= 15 is 0 Å². The molecule has 1 amide bonds. The zero-order valence-corrected chi connectivity index (χ0v) is 16.3. The molecule has 1 fully saturated rings. The fraction of sp³-hybridized carbons (Fsp3) is 0.524. The Morgan fingerprint density at radius 1 is 1.26 bits per heavy atom. The Labute approximate surface area is 160 Å². The van der Waals surface area contributed by atoms with Crippen LogP contribution in [0, 0.1) is 5.92 Å². The van der Waals surface area contributed by atoms with Crippen molar-refractivity contribution >= 4 is 18.0 Å². The number of carbonyl (C=O) groups excluding carboxylic acids is 2. The summed E-state index contributed by atoms with van der Waals surface area (Å²) in [5.41, 5.74) is 2.67. The number of hydrogen-bond donors (Lipinski definition) is 3. The average molecular weight is 374 g/mol. The van der Waals surface area contributed by atoms with Gasteiger partial charge in [-0.05, 0) is 55.7 Å². The SMILES string of the molecule is CC(C)[C@](C)(NCc1ccc(C=CC(=O)NO)cc1)C(=O)OC1CCCC1. The first kappa shape index (κ1) is 21.1. The number of carbonyl (C=O) groups is 2. The van der Waals surface area contributed by atoms with Crippen molar-refractivity contribution in [1.82, 2.24) is 10.8 Å². The molecule has 1 atom stereocenters. The van der Waals surface area contributed by atoms with Gasteiger partial charge in [-0.25, -0.2) is 5.48 Å². The maximum atomic E-state index is 12.8. The lowest BCUT2D eigenvalue weighted by atomic mass is 9.88. The first-order valence-corrected chi connectivity index (χ1v) is 9.52. The standard InChI is InChI=1S/C21H30N2O4/c1-15(2)21(3,20(25)27-18-6-4-5-7-18)22-14-17-10-8-16(9-11-17)12-13-19(24)23-26/h8-13,15,18,22,26H,4-7,14H2,1-3H3,(H,23,24)/t21-/m0/s1. The molecule has 1 aromatic rings. The summed E-state index contributed by atoms with van der Waals surface area (Å²) in [6, 6.07) is 7.63. The van der Waals surface area contributed by atoms with E-state index in [1.165, 1.54) is 6.08 Å². The Kier molecular flexibility index (Phi) is 7.56. The number of benzene rings is 1. The van der Waals surface area contributed by atoms with Crippen LogP contribution in [0.4, 0.5) is 0 Å². The number of hydroxylamine groups is 1. The Hall–Kier alpha value is -2.18. The van der Waals surface area contributed by atoms with Crippen molar-refractivity contribution in [1.29, 1.82) is 0 Å². The molecular formula is C21H30N2O4. The third-order valence-electron chi connectivity index (χ3n) is 5.33. The van der Waals surface area contributed by atoms with Crippen molar-refractivity contribution in [2.75, 3.05) is 0 Å². The quantitative estimate of drug-likeness (QED) is 0.281. The van der Waals surface area contributed by atoms with Crippen LogP contribution in [0.5, 0.6) is 0 Å². The Bertz CT molecular complexity index is 663. The summed E-state index contributed by atoms with van der Waals surface area (Å²) in [6.07, 6.45) is 7.10. The third-order valence-corrected chi connectivity index (χ3v) is 5.33. The van der Waals surface area contributed by atoms with Crippen molar-refractivity contribution in [3.05, 3.63) is 41.5 Å². The van der Waals surface area contributed by atoms with Crippen molar-refractivity contribution < 1.29 is 19.5 Å². The van der Waals surface area contributed by atoms with Crippen LogP contribution in [0.1, 0.15) is 57.6 Å². The minimum absolute atomic E-state index is 0.0552. The van der Waals surface area contributed by atoms with E-state index in [2.05, 4.69) is 5.32 Å². The van der Waals surface area contributed by atoms with Crippen LogP contribution in [0.3, 0.4) is 0 Å². The highest BCUT2D eigenvalue weighted by Crippen LogP contribution is 2.26. The van der Waals surface area contributed by atoms with Crippen molar-refractivity contribution in [2.24, 2.45) is 5.92 Å². The van der Waals surface area contributed by atoms with E-state index in [1.807, 2.05) is 45.0 Å².